The van der Waals surface area contributed by atoms with Gasteiger partial charge in [0.2, 0.25) is 0 Å². The first kappa shape index (κ1) is 25.6. The number of benzene rings is 2. The van der Waals surface area contributed by atoms with E-state index in [9.17, 15) is 9.59 Å². The van der Waals surface area contributed by atoms with Crippen molar-refractivity contribution in [3.8, 4) is 21.7 Å². The summed E-state index contributed by atoms with van der Waals surface area (Å²) in [7, 11) is 0. The average Bonchev–Trinajstić information content (AvgIpc) is 3.31. The van der Waals surface area contributed by atoms with E-state index in [1.54, 1.807) is 12.3 Å². The fourth-order valence-corrected chi connectivity index (χ4v) is 4.82. The monoisotopic (exact) mass is 497 g/mol. The highest BCUT2D eigenvalue weighted by Gasteiger charge is 2.20. The van der Waals surface area contributed by atoms with Crippen LogP contribution in [0.15, 0.2) is 58.7 Å². The molecule has 4 aromatic rings. The molecule has 0 amide bonds. The van der Waals surface area contributed by atoms with Gasteiger partial charge in [0, 0.05) is 40.7 Å². The van der Waals surface area contributed by atoms with Crippen LogP contribution in [0.1, 0.15) is 37.0 Å². The first-order chi connectivity index (χ1) is 15.9. The van der Waals surface area contributed by atoms with Gasteiger partial charge in [0.15, 0.2) is 5.69 Å². The lowest BCUT2D eigenvalue weighted by Gasteiger charge is -2.21. The predicted octanol–water partition coefficient (Wildman–Crippen LogP) is 5.51. The lowest BCUT2D eigenvalue weighted by molar-refractivity contribution is 0.0520. The highest BCUT2D eigenvalue weighted by atomic mass is 35.5. The highest BCUT2D eigenvalue weighted by Crippen LogP contribution is 2.34. The zero-order chi connectivity index (χ0) is 23.5. The van der Waals surface area contributed by atoms with Crippen molar-refractivity contribution in [2.75, 3.05) is 6.61 Å². The Balaban J connectivity index is 0.00000324. The third-order valence-electron chi connectivity index (χ3n) is 5.42. The molecule has 0 unspecified atom stereocenters. The van der Waals surface area contributed by atoms with Crippen LogP contribution in [0.2, 0.25) is 0 Å². The summed E-state index contributed by atoms with van der Waals surface area (Å²) >= 11 is 1.37. The summed E-state index contributed by atoms with van der Waals surface area (Å²) in [6.07, 6.45) is 0. The van der Waals surface area contributed by atoms with Crippen LogP contribution < -0.4 is 11.3 Å². The molecule has 0 aliphatic heterocycles. The van der Waals surface area contributed by atoms with Gasteiger partial charge in [-0.2, -0.15) is 0 Å². The summed E-state index contributed by atoms with van der Waals surface area (Å²) in [6, 6.07) is 15.7. The van der Waals surface area contributed by atoms with Crippen LogP contribution in [0.4, 0.5) is 0 Å². The molecule has 2 aromatic heterocycles. The van der Waals surface area contributed by atoms with Crippen LogP contribution in [0.5, 0.6) is 0 Å². The molecular weight excluding hydrogens is 470 g/mol. The third kappa shape index (κ3) is 4.92. The van der Waals surface area contributed by atoms with Gasteiger partial charge in [0.05, 0.1) is 6.61 Å². The van der Waals surface area contributed by atoms with Crippen LogP contribution >= 0.6 is 23.7 Å². The first-order valence-electron chi connectivity index (χ1n) is 11.0. The summed E-state index contributed by atoms with van der Waals surface area (Å²) in [5, 5.41) is 3.86. The number of hydrogen-bond acceptors (Lipinski definition) is 6. The molecule has 0 aliphatic carbocycles. The second-order valence-corrected chi connectivity index (χ2v) is 9.08. The maximum absolute atomic E-state index is 13.5. The molecule has 0 bridgehead atoms. The van der Waals surface area contributed by atoms with Crippen LogP contribution in [0.25, 0.3) is 32.5 Å². The van der Waals surface area contributed by atoms with Crippen molar-refractivity contribution in [1.29, 1.82) is 0 Å². The smallest absolute Gasteiger partial charge is 0.357 e. The van der Waals surface area contributed by atoms with Crippen molar-refractivity contribution >= 4 is 40.5 Å². The molecule has 6 nitrogen and oxygen atoms in total. The number of aromatic nitrogens is 2. The SMILES string of the molecule is CCOC(=O)c1csc(-c2ccc3c(=O)n(CC(C)C)c(CN)c(-c4ccccc4)c3c2)n1.Cl. The lowest BCUT2D eigenvalue weighted by Crippen LogP contribution is -2.28. The minimum Gasteiger partial charge on any atom is -0.461 e. The Kier molecular flexibility index (Phi) is 8.25. The second-order valence-electron chi connectivity index (χ2n) is 8.22. The van der Waals surface area contributed by atoms with E-state index >= 15 is 0 Å². The van der Waals surface area contributed by atoms with E-state index in [0.717, 1.165) is 27.8 Å². The average molecular weight is 498 g/mol. The van der Waals surface area contributed by atoms with E-state index in [2.05, 4.69) is 18.8 Å². The Morgan fingerprint density at radius 2 is 1.85 bits per heavy atom. The van der Waals surface area contributed by atoms with Gasteiger partial charge in [-0.25, -0.2) is 9.78 Å². The zero-order valence-electron chi connectivity index (χ0n) is 19.4. The van der Waals surface area contributed by atoms with Gasteiger partial charge in [-0.05, 0) is 35.9 Å². The molecule has 2 N–H and O–H groups in total. The number of pyridine rings is 1. The molecule has 2 heterocycles. The minimum atomic E-state index is -0.437. The second kappa shape index (κ2) is 11.0. The molecule has 178 valence electrons. The number of hydrogen-bond donors (Lipinski definition) is 1. The molecule has 34 heavy (non-hydrogen) atoms. The topological polar surface area (TPSA) is 87.2 Å². The van der Waals surface area contributed by atoms with Crippen molar-refractivity contribution in [1.82, 2.24) is 9.55 Å². The number of ether oxygens (including phenoxy) is 1. The van der Waals surface area contributed by atoms with E-state index < -0.39 is 5.97 Å². The van der Waals surface area contributed by atoms with E-state index in [1.165, 1.54) is 11.3 Å². The van der Waals surface area contributed by atoms with Gasteiger partial charge in [-0.15, -0.1) is 23.7 Å². The van der Waals surface area contributed by atoms with E-state index in [4.69, 9.17) is 10.5 Å². The van der Waals surface area contributed by atoms with Gasteiger partial charge >= 0.3 is 5.97 Å². The van der Waals surface area contributed by atoms with Crippen molar-refractivity contribution in [2.45, 2.75) is 33.9 Å². The number of rotatable bonds is 7. The minimum absolute atomic E-state index is 0. The Bertz CT molecular complexity index is 1360. The Morgan fingerprint density at radius 3 is 2.50 bits per heavy atom. The van der Waals surface area contributed by atoms with Gasteiger partial charge in [-0.1, -0.05) is 50.2 Å². The lowest BCUT2D eigenvalue weighted by atomic mass is 9.95. The third-order valence-corrected chi connectivity index (χ3v) is 6.31. The maximum Gasteiger partial charge on any atom is 0.357 e. The normalized spacial score (nSPS) is 11.0. The number of carbonyl (C=O) groups is 1. The number of nitrogens with zero attached hydrogens (tertiary/aromatic N) is 2. The molecule has 0 aliphatic rings. The Labute approximate surface area is 208 Å². The largest absolute Gasteiger partial charge is 0.461 e. The van der Waals surface area contributed by atoms with Crippen LogP contribution in [-0.2, 0) is 17.8 Å². The molecule has 8 heteroatoms. The van der Waals surface area contributed by atoms with Gasteiger partial charge < -0.3 is 15.0 Å². The number of halogens is 1. The number of carbonyl (C=O) groups excluding carboxylic acids is 1. The molecule has 0 saturated heterocycles. The Morgan fingerprint density at radius 1 is 1.12 bits per heavy atom. The van der Waals surface area contributed by atoms with E-state index in [-0.39, 0.29) is 30.2 Å². The van der Waals surface area contributed by atoms with E-state index in [0.29, 0.717) is 29.5 Å². The molecule has 0 atom stereocenters. The van der Waals surface area contributed by atoms with Crippen molar-refractivity contribution in [3.05, 3.63) is 75.7 Å². The molecule has 2 aromatic carbocycles. The van der Waals surface area contributed by atoms with Gasteiger partial charge in [0.1, 0.15) is 5.01 Å². The van der Waals surface area contributed by atoms with Crippen molar-refractivity contribution in [2.24, 2.45) is 11.7 Å². The van der Waals surface area contributed by atoms with Crippen LogP contribution in [-0.4, -0.2) is 22.1 Å². The molecule has 4 rings (SSSR count). The predicted molar refractivity (Wildman–Crippen MR) is 141 cm³/mol. The molecule has 0 spiro atoms. The summed E-state index contributed by atoms with van der Waals surface area (Å²) in [6.45, 7) is 7.08. The number of esters is 1. The van der Waals surface area contributed by atoms with Crippen molar-refractivity contribution < 1.29 is 9.53 Å². The zero-order valence-corrected chi connectivity index (χ0v) is 21.0. The number of nitrogens with two attached hydrogens (primary N) is 1. The first-order valence-corrected chi connectivity index (χ1v) is 11.9. The van der Waals surface area contributed by atoms with Crippen molar-refractivity contribution in [3.63, 3.8) is 0 Å². The standard InChI is InChI=1S/C26H27N3O3S.ClH/c1-4-32-26(31)21-15-33-24(28-21)18-10-11-19-20(12-18)23(17-8-6-5-7-9-17)22(13-27)29(25(19)30)14-16(2)3;/h5-12,15-16H,4,13-14,27H2,1-3H3;1H. The summed E-state index contributed by atoms with van der Waals surface area (Å²) < 4.78 is 6.88. The fourth-order valence-electron chi connectivity index (χ4n) is 4.03. The fraction of sp³-hybridized carbons (Fsp3) is 0.269. The van der Waals surface area contributed by atoms with Crippen LogP contribution in [0.3, 0.4) is 0 Å². The molecular formula is C26H28ClN3O3S. The van der Waals surface area contributed by atoms with Gasteiger partial charge in [-0.3, -0.25) is 4.79 Å². The van der Waals surface area contributed by atoms with E-state index in [1.807, 2.05) is 53.1 Å². The highest BCUT2D eigenvalue weighted by molar-refractivity contribution is 7.13. The molecule has 0 saturated carbocycles. The number of thiazole rings is 1. The van der Waals surface area contributed by atoms with Crippen LogP contribution in [0, 0.1) is 5.92 Å². The maximum atomic E-state index is 13.5. The molecule has 0 radical (unpaired) electrons. The summed E-state index contributed by atoms with van der Waals surface area (Å²) in [5.74, 6) is -0.141. The summed E-state index contributed by atoms with van der Waals surface area (Å²) in [4.78, 5) is 30.0. The van der Waals surface area contributed by atoms with Gasteiger partial charge in [0.25, 0.3) is 5.56 Å². The molecule has 0 fully saturated rings. The number of fused-ring (bicyclic) bond motifs is 1. The Hall–Kier alpha value is -3.00. The quantitative estimate of drug-likeness (QED) is 0.340. The summed E-state index contributed by atoms with van der Waals surface area (Å²) in [5.41, 5.74) is 10.1.